The van der Waals surface area contributed by atoms with Crippen molar-refractivity contribution < 1.29 is 10.2 Å². The Morgan fingerprint density at radius 1 is 1.10 bits per heavy atom. The largest absolute Gasteiger partial charge is 0.394 e. The molecular formula is C16H16N2O2. The van der Waals surface area contributed by atoms with Gasteiger partial charge in [0.25, 0.3) is 0 Å². The quantitative estimate of drug-likeness (QED) is 0.775. The minimum Gasteiger partial charge on any atom is -0.394 e. The van der Waals surface area contributed by atoms with Gasteiger partial charge >= 0.3 is 0 Å². The van der Waals surface area contributed by atoms with E-state index in [0.29, 0.717) is 5.56 Å². The van der Waals surface area contributed by atoms with E-state index >= 15 is 0 Å². The second-order valence-corrected chi connectivity index (χ2v) is 4.49. The van der Waals surface area contributed by atoms with Crippen LogP contribution in [0.4, 0.5) is 5.69 Å². The Labute approximate surface area is 117 Å². The number of nitrogens with one attached hydrogen (secondary N) is 1. The normalized spacial score (nSPS) is 11.7. The lowest BCUT2D eigenvalue weighted by Crippen LogP contribution is -2.22. The van der Waals surface area contributed by atoms with E-state index in [2.05, 4.69) is 11.4 Å². The zero-order valence-corrected chi connectivity index (χ0v) is 11.0. The highest BCUT2D eigenvalue weighted by atomic mass is 16.3. The van der Waals surface area contributed by atoms with Crippen molar-refractivity contribution >= 4 is 5.69 Å². The number of aliphatic hydroxyl groups is 2. The Morgan fingerprint density at radius 3 is 2.50 bits per heavy atom. The summed E-state index contributed by atoms with van der Waals surface area (Å²) in [5.41, 5.74) is 3.44. The molecule has 0 bridgehead atoms. The molecule has 0 aliphatic rings. The second-order valence-electron chi connectivity index (χ2n) is 4.49. The highest BCUT2D eigenvalue weighted by Crippen LogP contribution is 2.23. The fourth-order valence-corrected chi connectivity index (χ4v) is 1.88. The molecule has 0 aromatic heterocycles. The summed E-state index contributed by atoms with van der Waals surface area (Å²) < 4.78 is 0. The first-order chi connectivity index (χ1) is 9.72. The first kappa shape index (κ1) is 14.1. The van der Waals surface area contributed by atoms with E-state index in [9.17, 15) is 5.11 Å². The number of benzene rings is 2. The van der Waals surface area contributed by atoms with Crippen molar-refractivity contribution in [3.63, 3.8) is 0 Å². The molecule has 0 aliphatic carbocycles. The SMILES string of the molecule is N#Cc1cccc(-c2cccc(NCC(O)CO)c2)c1. The second kappa shape index (κ2) is 6.71. The Kier molecular flexibility index (Phi) is 4.72. The summed E-state index contributed by atoms with van der Waals surface area (Å²) in [7, 11) is 0. The monoisotopic (exact) mass is 268 g/mol. The number of anilines is 1. The Bertz CT molecular complexity index is 620. The molecule has 0 fully saturated rings. The topological polar surface area (TPSA) is 76.3 Å². The lowest BCUT2D eigenvalue weighted by molar-refractivity contribution is 0.105. The van der Waals surface area contributed by atoms with Crippen molar-refractivity contribution in [2.24, 2.45) is 0 Å². The van der Waals surface area contributed by atoms with Crippen molar-refractivity contribution in [2.45, 2.75) is 6.10 Å². The summed E-state index contributed by atoms with van der Waals surface area (Å²) in [5.74, 6) is 0. The van der Waals surface area contributed by atoms with E-state index in [-0.39, 0.29) is 13.2 Å². The average Bonchev–Trinajstić information content (AvgIpc) is 2.53. The van der Waals surface area contributed by atoms with Crippen LogP contribution in [0, 0.1) is 11.3 Å². The van der Waals surface area contributed by atoms with Crippen molar-refractivity contribution in [3.8, 4) is 17.2 Å². The number of rotatable bonds is 5. The minimum atomic E-state index is -0.777. The van der Waals surface area contributed by atoms with E-state index in [4.69, 9.17) is 10.4 Å². The number of hydrogen-bond donors (Lipinski definition) is 3. The zero-order valence-electron chi connectivity index (χ0n) is 11.0. The van der Waals surface area contributed by atoms with Crippen LogP contribution in [0.2, 0.25) is 0 Å². The van der Waals surface area contributed by atoms with Crippen LogP contribution in [-0.4, -0.2) is 29.5 Å². The van der Waals surface area contributed by atoms with Gasteiger partial charge in [-0.15, -0.1) is 0 Å². The Hall–Kier alpha value is -2.35. The molecule has 2 aromatic rings. The third-order valence-electron chi connectivity index (χ3n) is 2.94. The van der Waals surface area contributed by atoms with Gasteiger partial charge in [-0.05, 0) is 35.4 Å². The fourth-order valence-electron chi connectivity index (χ4n) is 1.88. The van der Waals surface area contributed by atoms with Gasteiger partial charge in [-0.2, -0.15) is 5.26 Å². The van der Waals surface area contributed by atoms with Gasteiger partial charge in [-0.1, -0.05) is 24.3 Å². The Morgan fingerprint density at radius 2 is 1.80 bits per heavy atom. The molecule has 0 heterocycles. The minimum absolute atomic E-state index is 0.267. The van der Waals surface area contributed by atoms with E-state index in [1.807, 2.05) is 42.5 Å². The summed E-state index contributed by atoms with van der Waals surface area (Å²) in [6.07, 6.45) is -0.777. The predicted molar refractivity (Wildman–Crippen MR) is 78.2 cm³/mol. The van der Waals surface area contributed by atoms with Gasteiger partial charge in [0.1, 0.15) is 0 Å². The number of nitriles is 1. The summed E-state index contributed by atoms with van der Waals surface area (Å²) in [6, 6.07) is 17.2. The molecule has 0 saturated heterocycles. The lowest BCUT2D eigenvalue weighted by Gasteiger charge is -2.11. The average molecular weight is 268 g/mol. The molecule has 102 valence electrons. The predicted octanol–water partition coefficient (Wildman–Crippen LogP) is 1.99. The highest BCUT2D eigenvalue weighted by molar-refractivity contribution is 5.69. The van der Waals surface area contributed by atoms with Crippen LogP contribution in [0.3, 0.4) is 0 Å². The molecule has 1 unspecified atom stereocenters. The van der Waals surface area contributed by atoms with E-state index in [0.717, 1.165) is 16.8 Å². The molecule has 0 aliphatic heterocycles. The molecule has 0 amide bonds. The molecule has 4 heteroatoms. The summed E-state index contributed by atoms with van der Waals surface area (Å²) in [5, 5.41) is 30.1. The smallest absolute Gasteiger partial charge is 0.0991 e. The summed E-state index contributed by atoms with van der Waals surface area (Å²) >= 11 is 0. The van der Waals surface area contributed by atoms with Gasteiger partial charge in [-0.25, -0.2) is 0 Å². The fraction of sp³-hybridized carbons (Fsp3) is 0.188. The number of nitrogens with zero attached hydrogens (tertiary/aromatic N) is 1. The third-order valence-corrected chi connectivity index (χ3v) is 2.94. The molecule has 4 nitrogen and oxygen atoms in total. The molecule has 1 atom stereocenters. The van der Waals surface area contributed by atoms with Crippen LogP contribution in [0.15, 0.2) is 48.5 Å². The molecule has 0 spiro atoms. The van der Waals surface area contributed by atoms with Crippen molar-refractivity contribution in [1.29, 1.82) is 5.26 Å². The van der Waals surface area contributed by atoms with Gasteiger partial charge in [-0.3, -0.25) is 0 Å². The van der Waals surface area contributed by atoms with Crippen LogP contribution in [0.1, 0.15) is 5.56 Å². The zero-order chi connectivity index (χ0) is 14.4. The molecule has 0 saturated carbocycles. The standard InChI is InChI=1S/C16H16N2O2/c17-9-12-3-1-4-13(7-12)14-5-2-6-15(8-14)18-10-16(20)11-19/h1-8,16,18-20H,10-11H2. The molecule has 3 N–H and O–H groups in total. The van der Waals surface area contributed by atoms with Crippen molar-refractivity contribution in [3.05, 3.63) is 54.1 Å². The van der Waals surface area contributed by atoms with Crippen LogP contribution in [0.25, 0.3) is 11.1 Å². The van der Waals surface area contributed by atoms with Crippen molar-refractivity contribution in [2.75, 3.05) is 18.5 Å². The van der Waals surface area contributed by atoms with Gasteiger partial charge in [0.15, 0.2) is 0 Å². The van der Waals surface area contributed by atoms with Gasteiger partial charge < -0.3 is 15.5 Å². The van der Waals surface area contributed by atoms with Crippen molar-refractivity contribution in [1.82, 2.24) is 0 Å². The summed E-state index contributed by atoms with van der Waals surface area (Å²) in [4.78, 5) is 0. The molecular weight excluding hydrogens is 252 g/mol. The van der Waals surface area contributed by atoms with Crippen LogP contribution in [-0.2, 0) is 0 Å². The molecule has 20 heavy (non-hydrogen) atoms. The van der Waals surface area contributed by atoms with E-state index in [1.54, 1.807) is 6.07 Å². The number of aliphatic hydroxyl groups excluding tert-OH is 2. The summed E-state index contributed by atoms with van der Waals surface area (Å²) in [6.45, 7) is 0.0229. The lowest BCUT2D eigenvalue weighted by atomic mass is 10.0. The maximum Gasteiger partial charge on any atom is 0.0991 e. The Balaban J connectivity index is 2.19. The van der Waals surface area contributed by atoms with Gasteiger partial charge in [0.2, 0.25) is 0 Å². The first-order valence-electron chi connectivity index (χ1n) is 6.36. The van der Waals surface area contributed by atoms with Gasteiger partial charge in [0.05, 0.1) is 24.3 Å². The van der Waals surface area contributed by atoms with Crippen LogP contribution >= 0.6 is 0 Å². The molecule has 2 rings (SSSR count). The molecule has 2 aromatic carbocycles. The van der Waals surface area contributed by atoms with E-state index < -0.39 is 6.10 Å². The third kappa shape index (κ3) is 3.58. The van der Waals surface area contributed by atoms with Crippen LogP contribution < -0.4 is 5.32 Å². The maximum atomic E-state index is 9.33. The number of hydrogen-bond acceptors (Lipinski definition) is 4. The molecule has 0 radical (unpaired) electrons. The van der Waals surface area contributed by atoms with Gasteiger partial charge in [0, 0.05) is 12.2 Å². The maximum absolute atomic E-state index is 9.33. The van der Waals surface area contributed by atoms with Crippen LogP contribution in [0.5, 0.6) is 0 Å². The first-order valence-corrected chi connectivity index (χ1v) is 6.36. The highest BCUT2D eigenvalue weighted by Gasteiger charge is 2.03. The van der Waals surface area contributed by atoms with E-state index in [1.165, 1.54) is 0 Å².